The number of aromatic nitrogens is 2. The van der Waals surface area contributed by atoms with E-state index in [-0.39, 0.29) is 16.6 Å². The van der Waals surface area contributed by atoms with E-state index < -0.39 is 5.97 Å². The highest BCUT2D eigenvalue weighted by Crippen LogP contribution is 2.19. The van der Waals surface area contributed by atoms with Gasteiger partial charge in [-0.2, -0.15) is 5.26 Å². The molecule has 0 aromatic carbocycles. The maximum absolute atomic E-state index is 11.6. The second-order valence-corrected chi connectivity index (χ2v) is 4.76. The summed E-state index contributed by atoms with van der Waals surface area (Å²) in [4.78, 5) is 19.7. The van der Waals surface area contributed by atoms with Crippen molar-refractivity contribution in [1.82, 2.24) is 9.97 Å². The third-order valence-electron chi connectivity index (χ3n) is 2.27. The monoisotopic (exact) mass is 308 g/mol. The minimum Gasteiger partial charge on any atom is -0.460 e. The van der Waals surface area contributed by atoms with Gasteiger partial charge in [-0.3, -0.25) is 0 Å². The molecule has 0 fully saturated rings. The van der Waals surface area contributed by atoms with Crippen LogP contribution >= 0.6 is 22.9 Å². The van der Waals surface area contributed by atoms with Crippen molar-refractivity contribution in [1.29, 1.82) is 5.26 Å². The van der Waals surface area contributed by atoms with Crippen LogP contribution < -0.4 is 5.32 Å². The summed E-state index contributed by atoms with van der Waals surface area (Å²) in [6.07, 6.45) is 1.58. The van der Waals surface area contributed by atoms with Crippen molar-refractivity contribution in [2.24, 2.45) is 0 Å². The van der Waals surface area contributed by atoms with E-state index in [0.29, 0.717) is 17.9 Å². The molecule has 0 amide bonds. The number of rotatable bonds is 5. The molecule has 2 rings (SSSR count). The van der Waals surface area contributed by atoms with E-state index in [0.717, 1.165) is 11.3 Å². The number of nitrogens with zero attached hydrogens (tertiary/aromatic N) is 3. The predicted molar refractivity (Wildman–Crippen MR) is 74.8 cm³/mol. The Morgan fingerprint density at radius 3 is 3.10 bits per heavy atom. The Morgan fingerprint density at radius 1 is 1.55 bits per heavy atom. The third-order valence-corrected chi connectivity index (χ3v) is 3.47. The van der Waals surface area contributed by atoms with Crippen molar-refractivity contribution in [3.05, 3.63) is 39.4 Å². The molecule has 0 aliphatic rings. The van der Waals surface area contributed by atoms with Crippen LogP contribution in [0.25, 0.3) is 0 Å². The number of esters is 1. The molecule has 2 heterocycles. The molecular weight excluding hydrogens is 300 g/mol. The van der Waals surface area contributed by atoms with Gasteiger partial charge in [-0.1, -0.05) is 11.6 Å². The summed E-state index contributed by atoms with van der Waals surface area (Å²) in [6.45, 7) is 0.475. The Hall–Kier alpha value is -2.17. The largest absolute Gasteiger partial charge is 0.460 e. The highest BCUT2D eigenvalue weighted by Gasteiger charge is 2.14. The lowest BCUT2D eigenvalue weighted by atomic mass is 10.3. The molecule has 0 aliphatic heterocycles. The van der Waals surface area contributed by atoms with Gasteiger partial charge in [-0.15, -0.1) is 11.3 Å². The second-order valence-electron chi connectivity index (χ2n) is 3.55. The van der Waals surface area contributed by atoms with Crippen LogP contribution in [0.15, 0.2) is 23.8 Å². The van der Waals surface area contributed by atoms with Crippen molar-refractivity contribution in [3.8, 4) is 6.07 Å². The van der Waals surface area contributed by atoms with Gasteiger partial charge in [-0.25, -0.2) is 14.8 Å². The molecule has 1 N–H and O–H groups in total. The van der Waals surface area contributed by atoms with Gasteiger partial charge in [0.05, 0.1) is 17.6 Å². The number of halogens is 1. The number of hydrogen-bond acceptors (Lipinski definition) is 7. The van der Waals surface area contributed by atoms with Crippen LogP contribution in [-0.4, -0.2) is 29.1 Å². The standard InChI is InChI=1S/C12H9ClN4O2S/c13-10-9(20-7-17-10)12(18)19-5-4-16-11-8(6-14)2-1-3-15-11/h1-3,7H,4-5H2,(H,15,16). The summed E-state index contributed by atoms with van der Waals surface area (Å²) in [5, 5.41) is 11.9. The van der Waals surface area contributed by atoms with Gasteiger partial charge < -0.3 is 10.1 Å². The molecule has 20 heavy (non-hydrogen) atoms. The summed E-state index contributed by atoms with van der Waals surface area (Å²) in [7, 11) is 0. The lowest BCUT2D eigenvalue weighted by Gasteiger charge is -2.07. The first-order valence-electron chi connectivity index (χ1n) is 5.57. The average Bonchev–Trinajstić information content (AvgIpc) is 2.90. The molecule has 0 atom stereocenters. The summed E-state index contributed by atoms with van der Waals surface area (Å²) in [5.74, 6) is -0.0531. The van der Waals surface area contributed by atoms with Crippen LogP contribution in [0, 0.1) is 11.3 Å². The van der Waals surface area contributed by atoms with Gasteiger partial charge in [0.15, 0.2) is 10.0 Å². The lowest BCUT2D eigenvalue weighted by molar-refractivity contribution is 0.0526. The molecule has 0 aliphatic carbocycles. The average molecular weight is 309 g/mol. The zero-order chi connectivity index (χ0) is 14.4. The summed E-state index contributed by atoms with van der Waals surface area (Å²) >= 11 is 6.84. The predicted octanol–water partition coefficient (Wildman–Crippen LogP) is 2.33. The van der Waals surface area contributed by atoms with Crippen LogP contribution in [0.4, 0.5) is 5.82 Å². The van der Waals surface area contributed by atoms with E-state index in [4.69, 9.17) is 21.6 Å². The minimum atomic E-state index is -0.513. The van der Waals surface area contributed by atoms with E-state index in [9.17, 15) is 4.79 Å². The van der Waals surface area contributed by atoms with Gasteiger partial charge >= 0.3 is 5.97 Å². The molecule has 0 bridgehead atoms. The van der Waals surface area contributed by atoms with Gasteiger partial charge in [0.2, 0.25) is 0 Å². The Balaban J connectivity index is 1.81. The SMILES string of the molecule is N#Cc1cccnc1NCCOC(=O)c1scnc1Cl. The third kappa shape index (κ3) is 3.44. The second kappa shape index (κ2) is 6.84. The van der Waals surface area contributed by atoms with Crippen molar-refractivity contribution < 1.29 is 9.53 Å². The van der Waals surface area contributed by atoms with Crippen LogP contribution in [-0.2, 0) is 4.74 Å². The van der Waals surface area contributed by atoms with Crippen LogP contribution in [0.1, 0.15) is 15.2 Å². The molecule has 6 nitrogen and oxygen atoms in total. The number of nitriles is 1. The molecule has 0 saturated carbocycles. The molecule has 0 spiro atoms. The van der Waals surface area contributed by atoms with E-state index in [2.05, 4.69) is 15.3 Å². The molecule has 0 unspecified atom stereocenters. The molecule has 0 radical (unpaired) electrons. The number of thiazole rings is 1. The lowest BCUT2D eigenvalue weighted by Crippen LogP contribution is -2.14. The van der Waals surface area contributed by atoms with Gasteiger partial charge in [0.1, 0.15) is 18.5 Å². The van der Waals surface area contributed by atoms with E-state index in [1.807, 2.05) is 6.07 Å². The quantitative estimate of drug-likeness (QED) is 0.673. The molecule has 8 heteroatoms. The van der Waals surface area contributed by atoms with Gasteiger partial charge in [0, 0.05) is 6.20 Å². The van der Waals surface area contributed by atoms with E-state index >= 15 is 0 Å². The van der Waals surface area contributed by atoms with Crippen LogP contribution in [0.2, 0.25) is 5.15 Å². The van der Waals surface area contributed by atoms with E-state index in [1.165, 1.54) is 5.51 Å². The molecule has 2 aromatic heterocycles. The first-order valence-corrected chi connectivity index (χ1v) is 6.83. The normalized spacial score (nSPS) is 9.80. The first-order chi connectivity index (χ1) is 9.72. The fourth-order valence-corrected chi connectivity index (χ4v) is 2.27. The zero-order valence-electron chi connectivity index (χ0n) is 10.2. The van der Waals surface area contributed by atoms with Crippen molar-refractivity contribution in [2.45, 2.75) is 0 Å². The van der Waals surface area contributed by atoms with Crippen molar-refractivity contribution >= 4 is 34.7 Å². The maximum Gasteiger partial charge on any atom is 0.351 e. The van der Waals surface area contributed by atoms with Crippen LogP contribution in [0.3, 0.4) is 0 Å². The Kier molecular flexibility index (Phi) is 4.87. The van der Waals surface area contributed by atoms with Gasteiger partial charge in [0.25, 0.3) is 0 Å². The van der Waals surface area contributed by atoms with Crippen LogP contribution in [0.5, 0.6) is 0 Å². The van der Waals surface area contributed by atoms with Gasteiger partial charge in [-0.05, 0) is 12.1 Å². The molecule has 0 saturated heterocycles. The fraction of sp³-hybridized carbons (Fsp3) is 0.167. The Bertz CT molecular complexity index is 653. The zero-order valence-corrected chi connectivity index (χ0v) is 11.7. The summed E-state index contributed by atoms with van der Waals surface area (Å²) < 4.78 is 5.04. The van der Waals surface area contributed by atoms with Crippen molar-refractivity contribution in [2.75, 3.05) is 18.5 Å². The number of anilines is 1. The number of carbonyl (C=O) groups is 1. The molecule has 102 valence electrons. The van der Waals surface area contributed by atoms with E-state index in [1.54, 1.807) is 18.3 Å². The smallest absolute Gasteiger partial charge is 0.351 e. The topological polar surface area (TPSA) is 87.9 Å². The van der Waals surface area contributed by atoms with Crippen molar-refractivity contribution in [3.63, 3.8) is 0 Å². The number of carbonyl (C=O) groups excluding carboxylic acids is 1. The highest BCUT2D eigenvalue weighted by molar-refractivity contribution is 7.12. The molecular formula is C12H9ClN4O2S. The Labute approximate surface area is 124 Å². The summed E-state index contributed by atoms with van der Waals surface area (Å²) in [5.41, 5.74) is 1.91. The highest BCUT2D eigenvalue weighted by atomic mass is 35.5. The number of nitrogens with one attached hydrogen (secondary N) is 1. The fourth-order valence-electron chi connectivity index (χ4n) is 1.38. The Morgan fingerprint density at radius 2 is 2.40 bits per heavy atom. The minimum absolute atomic E-state index is 0.133. The summed E-state index contributed by atoms with van der Waals surface area (Å²) in [6, 6.07) is 5.35. The maximum atomic E-state index is 11.6. The number of pyridine rings is 1. The molecule has 2 aromatic rings. The number of hydrogen-bond donors (Lipinski definition) is 1. The first kappa shape index (κ1) is 14.2. The number of ether oxygens (including phenoxy) is 1.